The highest BCUT2D eigenvalue weighted by Crippen LogP contribution is 2.29. The van der Waals surface area contributed by atoms with E-state index in [0.29, 0.717) is 11.5 Å². The van der Waals surface area contributed by atoms with Crippen LogP contribution in [0.25, 0.3) is 16.5 Å². The summed E-state index contributed by atoms with van der Waals surface area (Å²) in [4.78, 5) is 11.5. The Hall–Kier alpha value is -2.51. The Kier molecular flexibility index (Phi) is 6.36. The summed E-state index contributed by atoms with van der Waals surface area (Å²) in [6, 6.07) is 6.63. The monoisotopic (exact) mass is 394 g/mol. The minimum atomic E-state index is 0.668. The van der Waals surface area contributed by atoms with Crippen molar-refractivity contribution in [3.63, 3.8) is 0 Å². The zero-order valence-electron chi connectivity index (χ0n) is 16.8. The molecule has 0 unspecified atom stereocenters. The molecule has 2 aliphatic rings. The molecule has 1 aliphatic heterocycles. The number of fused-ring (bicyclic) bond motifs is 1. The van der Waals surface area contributed by atoms with E-state index in [1.165, 1.54) is 38.1 Å². The second-order valence-electron chi connectivity index (χ2n) is 7.92. The van der Waals surface area contributed by atoms with Crippen LogP contribution in [0.15, 0.2) is 30.7 Å². The molecule has 1 aromatic carbocycles. The van der Waals surface area contributed by atoms with Gasteiger partial charge in [0.2, 0.25) is 0 Å². The predicted molar refractivity (Wildman–Crippen MR) is 117 cm³/mol. The van der Waals surface area contributed by atoms with Crippen LogP contribution in [-0.4, -0.2) is 60.0 Å². The summed E-state index contributed by atoms with van der Waals surface area (Å²) < 4.78 is 5.49. The number of aromatic nitrogens is 2. The van der Waals surface area contributed by atoms with E-state index < -0.39 is 0 Å². The molecule has 0 spiro atoms. The standard InChI is InChI=1S/C22H30N6O/c23-12-18(13-24)17-3-6-21-20(11-17)22(27-15-26-21)25-14-16-1-4-19(5-2-16)28-7-9-29-10-8-28/h3,6,11-13,15-16,19,23H,1-2,4-5,7-10,14,24H2,(H,25,26,27)/b18-13+,23-12?. The van der Waals surface area contributed by atoms with Gasteiger partial charge >= 0.3 is 0 Å². The zero-order chi connectivity index (χ0) is 20.1. The molecular weight excluding hydrogens is 364 g/mol. The molecule has 2 fully saturated rings. The first-order valence-electron chi connectivity index (χ1n) is 10.5. The molecule has 1 saturated carbocycles. The van der Waals surface area contributed by atoms with Crippen molar-refractivity contribution >= 4 is 28.5 Å². The molecule has 29 heavy (non-hydrogen) atoms. The number of ether oxygens (including phenoxy) is 1. The van der Waals surface area contributed by atoms with E-state index >= 15 is 0 Å². The molecule has 1 aromatic heterocycles. The lowest BCUT2D eigenvalue weighted by Crippen LogP contribution is -2.45. The highest BCUT2D eigenvalue weighted by Gasteiger charge is 2.26. The predicted octanol–water partition coefficient (Wildman–Crippen LogP) is 2.88. The SMILES string of the molecule is N=C/C(=C\N)c1ccc2ncnc(NCC3CCC(N4CCOCC4)CC3)c2c1. The Bertz CT molecular complexity index is 869. The van der Waals surface area contributed by atoms with Crippen molar-refractivity contribution in [3.05, 3.63) is 36.3 Å². The number of benzene rings is 1. The number of nitrogens with two attached hydrogens (primary N) is 1. The van der Waals surface area contributed by atoms with Gasteiger partial charge in [-0.05, 0) is 49.3 Å². The second-order valence-corrected chi connectivity index (χ2v) is 7.92. The van der Waals surface area contributed by atoms with Crippen molar-refractivity contribution in [2.24, 2.45) is 11.7 Å². The van der Waals surface area contributed by atoms with Crippen LogP contribution in [0.5, 0.6) is 0 Å². The van der Waals surface area contributed by atoms with E-state index in [1.54, 1.807) is 6.33 Å². The zero-order valence-corrected chi connectivity index (χ0v) is 16.8. The quantitative estimate of drug-likeness (QED) is 0.652. The molecule has 4 N–H and O–H groups in total. The number of nitrogens with one attached hydrogen (secondary N) is 2. The Labute approximate surface area is 171 Å². The normalized spacial score (nSPS) is 23.8. The number of nitrogens with zero attached hydrogens (tertiary/aromatic N) is 3. The molecule has 1 aliphatic carbocycles. The van der Waals surface area contributed by atoms with Gasteiger partial charge in [0.15, 0.2) is 0 Å². The molecule has 154 valence electrons. The van der Waals surface area contributed by atoms with Crippen molar-refractivity contribution < 1.29 is 4.74 Å². The number of hydrogen-bond acceptors (Lipinski definition) is 7. The Morgan fingerprint density at radius 1 is 1.21 bits per heavy atom. The van der Waals surface area contributed by atoms with Crippen LogP contribution >= 0.6 is 0 Å². The van der Waals surface area contributed by atoms with Gasteiger partial charge < -0.3 is 21.2 Å². The lowest BCUT2D eigenvalue weighted by Gasteiger charge is -2.38. The summed E-state index contributed by atoms with van der Waals surface area (Å²) in [5.74, 6) is 1.52. The maximum absolute atomic E-state index is 7.53. The largest absolute Gasteiger partial charge is 0.404 e. The van der Waals surface area contributed by atoms with E-state index in [2.05, 4.69) is 20.2 Å². The molecule has 2 heterocycles. The minimum absolute atomic E-state index is 0.668. The van der Waals surface area contributed by atoms with Crippen LogP contribution in [0.1, 0.15) is 31.2 Å². The Morgan fingerprint density at radius 2 is 2.00 bits per heavy atom. The number of allylic oxidation sites excluding steroid dienone is 1. The molecule has 2 aromatic rings. The van der Waals surface area contributed by atoms with E-state index in [-0.39, 0.29) is 0 Å². The molecule has 4 rings (SSSR count). The molecule has 0 bridgehead atoms. The molecule has 1 saturated heterocycles. The van der Waals surface area contributed by atoms with Crippen molar-refractivity contribution in [1.82, 2.24) is 14.9 Å². The summed E-state index contributed by atoms with van der Waals surface area (Å²) in [6.07, 6.45) is 9.36. The lowest BCUT2D eigenvalue weighted by atomic mass is 9.85. The first kappa shape index (κ1) is 19.8. The van der Waals surface area contributed by atoms with Gasteiger partial charge in [-0.3, -0.25) is 4.90 Å². The van der Waals surface area contributed by atoms with E-state index in [4.69, 9.17) is 15.9 Å². The van der Waals surface area contributed by atoms with Crippen molar-refractivity contribution in [2.75, 3.05) is 38.2 Å². The fraction of sp³-hybridized carbons (Fsp3) is 0.500. The Balaban J connectivity index is 1.39. The number of rotatable bonds is 6. The molecular formula is C22H30N6O. The summed E-state index contributed by atoms with van der Waals surface area (Å²) in [5.41, 5.74) is 8.13. The van der Waals surface area contributed by atoms with Crippen LogP contribution in [0.2, 0.25) is 0 Å². The van der Waals surface area contributed by atoms with E-state index in [9.17, 15) is 0 Å². The van der Waals surface area contributed by atoms with Gasteiger partial charge in [-0.15, -0.1) is 0 Å². The first-order chi connectivity index (χ1) is 14.3. The van der Waals surface area contributed by atoms with Gasteiger partial charge in [-0.1, -0.05) is 6.07 Å². The van der Waals surface area contributed by atoms with Gasteiger partial charge in [-0.25, -0.2) is 9.97 Å². The van der Waals surface area contributed by atoms with Crippen molar-refractivity contribution in [3.8, 4) is 0 Å². The molecule has 7 nitrogen and oxygen atoms in total. The summed E-state index contributed by atoms with van der Waals surface area (Å²) in [6.45, 7) is 4.85. The average molecular weight is 395 g/mol. The fourth-order valence-corrected chi connectivity index (χ4v) is 4.50. The molecule has 7 heteroatoms. The third kappa shape index (κ3) is 4.57. The van der Waals surface area contributed by atoms with Gasteiger partial charge in [0.05, 0.1) is 18.7 Å². The molecule has 0 atom stereocenters. The number of morpholine rings is 1. The van der Waals surface area contributed by atoms with E-state index in [0.717, 1.165) is 61.2 Å². The van der Waals surface area contributed by atoms with Crippen LogP contribution in [-0.2, 0) is 4.74 Å². The summed E-state index contributed by atoms with van der Waals surface area (Å²) >= 11 is 0. The van der Waals surface area contributed by atoms with Crippen LogP contribution in [0.3, 0.4) is 0 Å². The fourth-order valence-electron chi connectivity index (χ4n) is 4.50. The van der Waals surface area contributed by atoms with Crippen molar-refractivity contribution in [1.29, 1.82) is 5.41 Å². The number of anilines is 1. The van der Waals surface area contributed by atoms with Crippen LogP contribution < -0.4 is 11.1 Å². The van der Waals surface area contributed by atoms with E-state index in [1.807, 2.05) is 18.2 Å². The summed E-state index contributed by atoms with van der Waals surface area (Å²) in [7, 11) is 0. The Morgan fingerprint density at radius 3 is 2.72 bits per heavy atom. The molecule has 0 radical (unpaired) electrons. The van der Waals surface area contributed by atoms with Crippen LogP contribution in [0, 0.1) is 11.3 Å². The summed E-state index contributed by atoms with van der Waals surface area (Å²) in [5, 5.41) is 12.1. The lowest BCUT2D eigenvalue weighted by molar-refractivity contribution is 0.00540. The highest BCUT2D eigenvalue weighted by molar-refractivity contribution is 6.09. The van der Waals surface area contributed by atoms with Gasteiger partial charge in [0.25, 0.3) is 0 Å². The third-order valence-corrected chi connectivity index (χ3v) is 6.24. The molecule has 0 amide bonds. The number of hydrogen-bond donors (Lipinski definition) is 3. The smallest absolute Gasteiger partial charge is 0.137 e. The van der Waals surface area contributed by atoms with Gasteiger partial charge in [0.1, 0.15) is 12.1 Å². The average Bonchev–Trinajstić information content (AvgIpc) is 2.79. The maximum atomic E-state index is 7.53. The van der Waals surface area contributed by atoms with Gasteiger partial charge in [-0.2, -0.15) is 0 Å². The topological polar surface area (TPSA) is 100 Å². The highest BCUT2D eigenvalue weighted by atomic mass is 16.5. The minimum Gasteiger partial charge on any atom is -0.404 e. The van der Waals surface area contributed by atoms with Crippen molar-refractivity contribution in [2.45, 2.75) is 31.7 Å². The second kappa shape index (κ2) is 9.33. The first-order valence-corrected chi connectivity index (χ1v) is 10.5. The van der Waals surface area contributed by atoms with Crippen LogP contribution in [0.4, 0.5) is 5.82 Å². The van der Waals surface area contributed by atoms with Gasteiger partial charge in [0, 0.05) is 49.0 Å². The maximum Gasteiger partial charge on any atom is 0.137 e. The third-order valence-electron chi connectivity index (χ3n) is 6.24.